The van der Waals surface area contributed by atoms with E-state index in [-0.39, 0.29) is 17.2 Å². The van der Waals surface area contributed by atoms with Gasteiger partial charge in [0.25, 0.3) is 0 Å². The summed E-state index contributed by atoms with van der Waals surface area (Å²) in [6.45, 7) is 0. The van der Waals surface area contributed by atoms with Crippen molar-refractivity contribution in [3.05, 3.63) is 47.7 Å². The minimum absolute atomic E-state index is 0.0154. The molecule has 1 heterocycles. The van der Waals surface area contributed by atoms with Gasteiger partial charge in [-0.2, -0.15) is 10.5 Å². The molecule has 2 aromatic rings. The second-order valence-electron chi connectivity index (χ2n) is 3.18. The third-order valence-corrected chi connectivity index (χ3v) is 2.12. The van der Waals surface area contributed by atoms with E-state index in [1.54, 1.807) is 12.1 Å². The lowest BCUT2D eigenvalue weighted by molar-refractivity contribution is 0.628. The second-order valence-corrected chi connectivity index (χ2v) is 3.18. The smallest absolute Gasteiger partial charge is 0.177 e. The number of aromatic nitrogens is 2. The highest BCUT2D eigenvalue weighted by Gasteiger charge is 2.07. The molecule has 17 heavy (non-hydrogen) atoms. The molecule has 0 bridgehead atoms. The van der Waals surface area contributed by atoms with E-state index in [1.165, 1.54) is 30.5 Å². The van der Waals surface area contributed by atoms with Crippen LogP contribution in [0.4, 0.5) is 4.39 Å². The van der Waals surface area contributed by atoms with Crippen molar-refractivity contribution in [3.8, 4) is 23.4 Å². The first kappa shape index (κ1) is 10.7. The van der Waals surface area contributed by atoms with Crippen molar-refractivity contribution in [3.63, 3.8) is 0 Å². The fraction of sp³-hybridized carbons (Fsp3) is 0. The van der Waals surface area contributed by atoms with Gasteiger partial charge in [0.2, 0.25) is 0 Å². The molecule has 0 aliphatic rings. The monoisotopic (exact) mass is 224 g/mol. The molecule has 0 saturated carbocycles. The van der Waals surface area contributed by atoms with Crippen molar-refractivity contribution in [2.75, 3.05) is 0 Å². The van der Waals surface area contributed by atoms with Gasteiger partial charge in [0.1, 0.15) is 18.0 Å². The highest BCUT2D eigenvalue weighted by molar-refractivity contribution is 5.59. The maximum absolute atomic E-state index is 12.7. The third-order valence-electron chi connectivity index (χ3n) is 2.12. The van der Waals surface area contributed by atoms with Crippen LogP contribution in [0.15, 0.2) is 30.5 Å². The van der Waals surface area contributed by atoms with Crippen molar-refractivity contribution in [1.29, 1.82) is 10.5 Å². The summed E-state index contributed by atoms with van der Waals surface area (Å²) in [7, 11) is 0. The van der Waals surface area contributed by atoms with Gasteiger partial charge >= 0.3 is 0 Å². The van der Waals surface area contributed by atoms with E-state index < -0.39 is 0 Å². The van der Waals surface area contributed by atoms with Gasteiger partial charge < -0.3 is 0 Å². The lowest BCUT2D eigenvalue weighted by atomic mass is 10.1. The van der Waals surface area contributed by atoms with Gasteiger partial charge in [-0.15, -0.1) is 0 Å². The van der Waals surface area contributed by atoms with E-state index in [0.717, 1.165) is 0 Å². The highest BCUT2D eigenvalue weighted by atomic mass is 19.1. The topological polar surface area (TPSA) is 73.4 Å². The minimum Gasteiger partial charge on any atom is -0.240 e. The largest absolute Gasteiger partial charge is 0.240 e. The van der Waals surface area contributed by atoms with Gasteiger partial charge in [-0.3, -0.25) is 0 Å². The Bertz CT molecular complexity index is 635. The molecule has 2 rings (SSSR count). The molecule has 0 aliphatic heterocycles. The molecule has 1 aromatic carbocycles. The maximum Gasteiger partial charge on any atom is 0.177 e. The fourth-order valence-electron chi connectivity index (χ4n) is 1.31. The van der Waals surface area contributed by atoms with Crippen molar-refractivity contribution < 1.29 is 4.39 Å². The van der Waals surface area contributed by atoms with Crippen LogP contribution in [0.5, 0.6) is 0 Å². The summed E-state index contributed by atoms with van der Waals surface area (Å²) in [5, 5.41) is 17.5. The van der Waals surface area contributed by atoms with E-state index in [1.807, 2.05) is 0 Å². The zero-order valence-electron chi connectivity index (χ0n) is 8.55. The molecule has 80 valence electrons. The normalized spacial score (nSPS) is 9.35. The standard InChI is InChI=1S/C12H5FN4/c13-9-3-1-8(2-4-9)12-7-16-10(5-14)11(6-15)17-12/h1-4,7H. The van der Waals surface area contributed by atoms with E-state index in [4.69, 9.17) is 10.5 Å². The molecule has 0 amide bonds. The van der Waals surface area contributed by atoms with E-state index in [0.29, 0.717) is 11.3 Å². The lowest BCUT2D eigenvalue weighted by Crippen LogP contribution is -1.95. The summed E-state index contributed by atoms with van der Waals surface area (Å²) in [4.78, 5) is 7.82. The molecule has 1 aromatic heterocycles. The average Bonchev–Trinajstić information content (AvgIpc) is 2.39. The summed E-state index contributed by atoms with van der Waals surface area (Å²) < 4.78 is 12.7. The molecule has 5 heteroatoms. The quantitative estimate of drug-likeness (QED) is 0.742. The van der Waals surface area contributed by atoms with Crippen LogP contribution in [0, 0.1) is 28.5 Å². The van der Waals surface area contributed by atoms with Crippen LogP contribution in [-0.4, -0.2) is 9.97 Å². The highest BCUT2D eigenvalue weighted by Crippen LogP contribution is 2.17. The third kappa shape index (κ3) is 2.09. The molecule has 0 aliphatic carbocycles. The Morgan fingerprint density at radius 2 is 1.65 bits per heavy atom. The van der Waals surface area contributed by atoms with Crippen LogP contribution in [-0.2, 0) is 0 Å². The Balaban J connectivity index is 2.52. The van der Waals surface area contributed by atoms with Crippen molar-refractivity contribution >= 4 is 0 Å². The molecular formula is C12H5FN4. The average molecular weight is 224 g/mol. The first-order chi connectivity index (χ1) is 8.24. The Morgan fingerprint density at radius 3 is 2.24 bits per heavy atom. The molecule has 0 atom stereocenters. The van der Waals surface area contributed by atoms with Crippen LogP contribution in [0.2, 0.25) is 0 Å². The van der Waals surface area contributed by atoms with Gasteiger partial charge in [0, 0.05) is 5.56 Å². The molecule has 0 N–H and O–H groups in total. The van der Waals surface area contributed by atoms with E-state index in [2.05, 4.69) is 9.97 Å². The summed E-state index contributed by atoms with van der Waals surface area (Å²) >= 11 is 0. The van der Waals surface area contributed by atoms with Crippen molar-refractivity contribution in [1.82, 2.24) is 9.97 Å². The minimum atomic E-state index is -0.351. The predicted molar refractivity (Wildman–Crippen MR) is 56.9 cm³/mol. The first-order valence-electron chi connectivity index (χ1n) is 4.68. The number of halogens is 1. The molecule has 0 unspecified atom stereocenters. The molecule has 0 saturated heterocycles. The Labute approximate surface area is 96.6 Å². The van der Waals surface area contributed by atoms with Gasteiger partial charge in [-0.25, -0.2) is 14.4 Å². The Kier molecular flexibility index (Phi) is 2.76. The summed E-state index contributed by atoms with van der Waals surface area (Å²) in [5.41, 5.74) is 1.02. The van der Waals surface area contributed by atoms with Crippen LogP contribution >= 0.6 is 0 Å². The van der Waals surface area contributed by atoms with Crippen LogP contribution < -0.4 is 0 Å². The summed E-state index contributed by atoms with van der Waals surface area (Å²) in [6.07, 6.45) is 1.38. The van der Waals surface area contributed by atoms with Crippen molar-refractivity contribution in [2.24, 2.45) is 0 Å². The molecule has 0 fully saturated rings. The van der Waals surface area contributed by atoms with Crippen LogP contribution in [0.3, 0.4) is 0 Å². The second kappa shape index (κ2) is 4.38. The zero-order valence-corrected chi connectivity index (χ0v) is 8.55. The maximum atomic E-state index is 12.7. The van der Waals surface area contributed by atoms with Gasteiger partial charge in [0.05, 0.1) is 11.9 Å². The fourth-order valence-corrected chi connectivity index (χ4v) is 1.31. The summed E-state index contributed by atoms with van der Waals surface area (Å²) in [6, 6.07) is 9.23. The lowest BCUT2D eigenvalue weighted by Gasteiger charge is -2.01. The molecule has 4 nitrogen and oxygen atoms in total. The first-order valence-corrected chi connectivity index (χ1v) is 4.68. The van der Waals surface area contributed by atoms with Crippen LogP contribution in [0.25, 0.3) is 11.3 Å². The van der Waals surface area contributed by atoms with E-state index in [9.17, 15) is 4.39 Å². The number of nitriles is 2. The van der Waals surface area contributed by atoms with Crippen molar-refractivity contribution in [2.45, 2.75) is 0 Å². The zero-order chi connectivity index (χ0) is 12.3. The predicted octanol–water partition coefficient (Wildman–Crippen LogP) is 2.03. The molecule has 0 radical (unpaired) electrons. The number of hydrogen-bond donors (Lipinski definition) is 0. The molecule has 0 spiro atoms. The van der Waals surface area contributed by atoms with Crippen LogP contribution in [0.1, 0.15) is 11.4 Å². The number of nitrogens with zero attached hydrogens (tertiary/aromatic N) is 4. The van der Waals surface area contributed by atoms with Gasteiger partial charge in [0.15, 0.2) is 11.4 Å². The van der Waals surface area contributed by atoms with Gasteiger partial charge in [-0.05, 0) is 24.3 Å². The SMILES string of the molecule is N#Cc1ncc(-c2ccc(F)cc2)nc1C#N. The number of rotatable bonds is 1. The number of hydrogen-bond acceptors (Lipinski definition) is 4. The Morgan fingerprint density at radius 1 is 1.00 bits per heavy atom. The Hall–Kier alpha value is -2.79. The summed E-state index contributed by atoms with van der Waals surface area (Å²) in [5.74, 6) is -0.351. The molecular weight excluding hydrogens is 219 g/mol. The number of benzene rings is 1. The van der Waals surface area contributed by atoms with Gasteiger partial charge in [-0.1, -0.05) is 0 Å². The van der Waals surface area contributed by atoms with E-state index >= 15 is 0 Å².